The van der Waals surface area contributed by atoms with Crippen LogP contribution in [0.3, 0.4) is 0 Å². The van der Waals surface area contributed by atoms with Crippen LogP contribution in [0.4, 0.5) is 4.79 Å². The van der Waals surface area contributed by atoms with Crippen LogP contribution in [0.1, 0.15) is 53.5 Å². The molecule has 0 aliphatic rings. The van der Waals surface area contributed by atoms with Crippen LogP contribution in [0.2, 0.25) is 0 Å². The number of hydrogen-bond donors (Lipinski definition) is 0. The van der Waals surface area contributed by atoms with Gasteiger partial charge in [-0.05, 0) is 38.2 Å². The summed E-state index contributed by atoms with van der Waals surface area (Å²) in [6.45, 7) is 13.8. The third-order valence-corrected chi connectivity index (χ3v) is 3.59. The Hall–Kier alpha value is -1.51. The number of hydrogen-bond acceptors (Lipinski definition) is 2. The van der Waals surface area contributed by atoms with Gasteiger partial charge in [-0.25, -0.2) is 4.79 Å². The van der Waals surface area contributed by atoms with Gasteiger partial charge in [0.2, 0.25) is 0 Å². The molecule has 0 fully saturated rings. The molecule has 3 nitrogen and oxygen atoms in total. The van der Waals surface area contributed by atoms with E-state index in [2.05, 4.69) is 20.8 Å². The Balaban J connectivity index is 3.06. The van der Waals surface area contributed by atoms with Crippen LogP contribution in [0.25, 0.3) is 0 Å². The molecule has 3 heteroatoms. The Morgan fingerprint density at radius 2 is 1.57 bits per heavy atom. The van der Waals surface area contributed by atoms with Gasteiger partial charge in [0.05, 0.1) is 0 Å². The topological polar surface area (TPSA) is 29.5 Å². The number of nitrogens with zero attached hydrogens (tertiary/aromatic N) is 1. The molecule has 1 atom stereocenters. The molecule has 1 aromatic carbocycles. The molecular formula is C18H29NO2. The zero-order chi connectivity index (χ0) is 16.1. The first-order valence-electron chi connectivity index (χ1n) is 7.75. The number of rotatable bonds is 5. The van der Waals surface area contributed by atoms with Gasteiger partial charge in [0.15, 0.2) is 0 Å². The minimum Gasteiger partial charge on any atom is -0.438 e. The van der Waals surface area contributed by atoms with Crippen LogP contribution < -0.4 is 0 Å². The standard InChI is InChI=1S/C18H29NO2/c1-7-19(8-2)16(20)21-18(6,14-17(3,4)5)15-12-10-9-11-13-15/h9-13H,7-8,14H2,1-6H3. The Bertz CT molecular complexity index is 446. The average molecular weight is 291 g/mol. The van der Waals surface area contributed by atoms with Gasteiger partial charge in [-0.3, -0.25) is 0 Å². The van der Waals surface area contributed by atoms with E-state index in [4.69, 9.17) is 4.74 Å². The van der Waals surface area contributed by atoms with Crippen molar-refractivity contribution in [1.29, 1.82) is 0 Å². The highest BCUT2D eigenvalue weighted by atomic mass is 16.6. The van der Waals surface area contributed by atoms with Gasteiger partial charge in [-0.2, -0.15) is 0 Å². The summed E-state index contributed by atoms with van der Waals surface area (Å²) in [5, 5.41) is 0. The van der Waals surface area contributed by atoms with Crippen molar-refractivity contribution in [3.8, 4) is 0 Å². The molecule has 0 bridgehead atoms. The van der Waals surface area contributed by atoms with Crippen LogP contribution in [0, 0.1) is 5.41 Å². The van der Waals surface area contributed by atoms with E-state index in [1.165, 1.54) is 0 Å². The first kappa shape index (κ1) is 17.5. The molecule has 0 aliphatic carbocycles. The first-order valence-corrected chi connectivity index (χ1v) is 7.75. The average Bonchev–Trinajstić information content (AvgIpc) is 2.39. The molecule has 0 aliphatic heterocycles. The summed E-state index contributed by atoms with van der Waals surface area (Å²) in [4.78, 5) is 14.1. The van der Waals surface area contributed by atoms with Crippen molar-refractivity contribution < 1.29 is 9.53 Å². The molecule has 1 rings (SSSR count). The minimum absolute atomic E-state index is 0.0636. The van der Waals surface area contributed by atoms with E-state index in [0.717, 1.165) is 12.0 Å². The van der Waals surface area contributed by atoms with Gasteiger partial charge >= 0.3 is 6.09 Å². The lowest BCUT2D eigenvalue weighted by Crippen LogP contribution is -2.40. The van der Waals surface area contributed by atoms with Crippen molar-refractivity contribution in [2.24, 2.45) is 5.41 Å². The van der Waals surface area contributed by atoms with E-state index >= 15 is 0 Å². The Morgan fingerprint density at radius 3 is 2.00 bits per heavy atom. The van der Waals surface area contributed by atoms with E-state index in [-0.39, 0.29) is 11.5 Å². The molecule has 1 unspecified atom stereocenters. The van der Waals surface area contributed by atoms with Gasteiger partial charge in [0, 0.05) is 13.1 Å². The SMILES string of the molecule is CCN(CC)C(=O)OC(C)(CC(C)(C)C)c1ccccc1. The van der Waals surface area contributed by atoms with E-state index in [0.29, 0.717) is 13.1 Å². The summed E-state index contributed by atoms with van der Waals surface area (Å²) >= 11 is 0. The molecule has 1 amide bonds. The predicted octanol–water partition coefficient (Wildman–Crippen LogP) is 4.82. The van der Waals surface area contributed by atoms with Crippen LogP contribution in [-0.2, 0) is 10.3 Å². The third-order valence-electron chi connectivity index (χ3n) is 3.59. The molecule has 0 saturated heterocycles. The fourth-order valence-corrected chi connectivity index (χ4v) is 2.74. The summed E-state index contributed by atoms with van der Waals surface area (Å²) in [7, 11) is 0. The predicted molar refractivity (Wildman–Crippen MR) is 87.3 cm³/mol. The van der Waals surface area contributed by atoms with Crippen molar-refractivity contribution in [3.63, 3.8) is 0 Å². The molecule has 0 N–H and O–H groups in total. The van der Waals surface area contributed by atoms with E-state index in [9.17, 15) is 4.79 Å². The summed E-state index contributed by atoms with van der Waals surface area (Å²) in [6, 6.07) is 10.0. The maximum absolute atomic E-state index is 12.4. The molecular weight excluding hydrogens is 262 g/mol. The van der Waals surface area contributed by atoms with Crippen molar-refractivity contribution >= 4 is 6.09 Å². The van der Waals surface area contributed by atoms with Gasteiger partial charge in [0.1, 0.15) is 5.60 Å². The summed E-state index contributed by atoms with van der Waals surface area (Å²) in [5.41, 5.74) is 0.494. The Morgan fingerprint density at radius 1 is 1.05 bits per heavy atom. The van der Waals surface area contributed by atoms with Crippen LogP contribution in [0.15, 0.2) is 30.3 Å². The van der Waals surface area contributed by atoms with Crippen molar-refractivity contribution in [2.45, 2.75) is 53.6 Å². The number of carbonyl (C=O) groups excluding carboxylic acids is 1. The van der Waals surface area contributed by atoms with Gasteiger partial charge in [0.25, 0.3) is 0 Å². The number of carbonyl (C=O) groups is 1. The van der Waals surface area contributed by atoms with Crippen LogP contribution in [0.5, 0.6) is 0 Å². The quantitative estimate of drug-likeness (QED) is 0.778. The fraction of sp³-hybridized carbons (Fsp3) is 0.611. The van der Waals surface area contributed by atoms with Crippen LogP contribution >= 0.6 is 0 Å². The lowest BCUT2D eigenvalue weighted by Gasteiger charge is -2.37. The molecule has 118 valence electrons. The summed E-state index contributed by atoms with van der Waals surface area (Å²) in [6.07, 6.45) is 0.535. The molecule has 0 heterocycles. The number of benzene rings is 1. The molecule has 0 saturated carbocycles. The van der Waals surface area contributed by atoms with Gasteiger partial charge in [-0.1, -0.05) is 51.1 Å². The fourth-order valence-electron chi connectivity index (χ4n) is 2.74. The lowest BCUT2D eigenvalue weighted by molar-refractivity contribution is -0.0248. The second kappa shape index (κ2) is 6.97. The number of ether oxygens (including phenoxy) is 1. The zero-order valence-corrected chi connectivity index (χ0v) is 14.3. The van der Waals surface area contributed by atoms with Crippen molar-refractivity contribution in [1.82, 2.24) is 4.90 Å². The number of amides is 1. The first-order chi connectivity index (χ1) is 9.72. The highest BCUT2D eigenvalue weighted by molar-refractivity contribution is 5.68. The molecule has 0 spiro atoms. The van der Waals surface area contributed by atoms with Crippen LogP contribution in [-0.4, -0.2) is 24.1 Å². The van der Waals surface area contributed by atoms with E-state index < -0.39 is 5.60 Å². The second-order valence-corrected chi connectivity index (χ2v) is 6.87. The van der Waals surface area contributed by atoms with Crippen molar-refractivity contribution in [3.05, 3.63) is 35.9 Å². The molecule has 1 aromatic rings. The maximum atomic E-state index is 12.4. The van der Waals surface area contributed by atoms with Gasteiger partial charge in [-0.15, -0.1) is 0 Å². The minimum atomic E-state index is -0.612. The smallest absolute Gasteiger partial charge is 0.410 e. The monoisotopic (exact) mass is 291 g/mol. The second-order valence-electron chi connectivity index (χ2n) is 6.87. The highest BCUT2D eigenvalue weighted by Crippen LogP contribution is 2.38. The van der Waals surface area contributed by atoms with Gasteiger partial charge < -0.3 is 9.64 Å². The van der Waals surface area contributed by atoms with E-state index in [1.807, 2.05) is 51.1 Å². The maximum Gasteiger partial charge on any atom is 0.410 e. The third kappa shape index (κ3) is 5.07. The Labute approximate surface area is 129 Å². The lowest BCUT2D eigenvalue weighted by atomic mass is 9.79. The Kier molecular flexibility index (Phi) is 5.82. The molecule has 0 aromatic heterocycles. The molecule has 0 radical (unpaired) electrons. The normalized spacial score (nSPS) is 14.4. The zero-order valence-electron chi connectivity index (χ0n) is 14.3. The molecule has 21 heavy (non-hydrogen) atoms. The van der Waals surface area contributed by atoms with Crippen molar-refractivity contribution in [2.75, 3.05) is 13.1 Å². The summed E-state index contributed by atoms with van der Waals surface area (Å²) in [5.74, 6) is 0. The highest BCUT2D eigenvalue weighted by Gasteiger charge is 2.36. The summed E-state index contributed by atoms with van der Waals surface area (Å²) < 4.78 is 5.93. The largest absolute Gasteiger partial charge is 0.438 e. The van der Waals surface area contributed by atoms with E-state index in [1.54, 1.807) is 4.90 Å².